The molecule has 0 spiro atoms. The third kappa shape index (κ3) is 2.76. The SMILES string of the molecule is CNc1ccc(C(=O)N2CCC(CCO)C2)nn1. The minimum atomic E-state index is -0.0782. The van der Waals surface area contributed by atoms with Crippen molar-refractivity contribution in [3.63, 3.8) is 0 Å². The van der Waals surface area contributed by atoms with E-state index in [-0.39, 0.29) is 12.5 Å². The first-order valence-corrected chi connectivity index (χ1v) is 6.16. The molecule has 0 aromatic carbocycles. The van der Waals surface area contributed by atoms with Gasteiger partial charge in [-0.25, -0.2) is 0 Å². The number of anilines is 1. The predicted molar refractivity (Wildman–Crippen MR) is 67.3 cm³/mol. The molecular formula is C12H18N4O2. The molecule has 1 aliphatic rings. The van der Waals surface area contributed by atoms with Crippen LogP contribution in [0.5, 0.6) is 0 Å². The predicted octanol–water partition coefficient (Wildman–Crippen LogP) is 0.363. The summed E-state index contributed by atoms with van der Waals surface area (Å²) in [7, 11) is 1.76. The molecule has 6 nitrogen and oxygen atoms in total. The summed E-state index contributed by atoms with van der Waals surface area (Å²) in [6.45, 7) is 1.62. The van der Waals surface area contributed by atoms with Crippen LogP contribution >= 0.6 is 0 Å². The van der Waals surface area contributed by atoms with Crippen LogP contribution < -0.4 is 5.32 Å². The standard InChI is InChI=1S/C12H18N4O2/c1-13-11-3-2-10(14-15-11)12(18)16-6-4-9(8-16)5-7-17/h2-3,9,17H,4-8H2,1H3,(H,13,15). The molecule has 98 valence electrons. The van der Waals surface area contributed by atoms with Gasteiger partial charge in [0.15, 0.2) is 5.69 Å². The van der Waals surface area contributed by atoms with Gasteiger partial charge in [0.25, 0.3) is 5.91 Å². The average Bonchev–Trinajstić information content (AvgIpc) is 2.87. The summed E-state index contributed by atoms with van der Waals surface area (Å²) in [6, 6.07) is 3.42. The van der Waals surface area contributed by atoms with E-state index in [0.717, 1.165) is 19.4 Å². The van der Waals surface area contributed by atoms with Crippen LogP contribution in [0, 0.1) is 5.92 Å². The molecule has 1 aromatic heterocycles. The van der Waals surface area contributed by atoms with E-state index < -0.39 is 0 Å². The lowest BCUT2D eigenvalue weighted by molar-refractivity contribution is 0.0778. The highest BCUT2D eigenvalue weighted by molar-refractivity contribution is 5.92. The second kappa shape index (κ2) is 5.77. The first kappa shape index (κ1) is 12.8. The van der Waals surface area contributed by atoms with Crippen molar-refractivity contribution in [3.8, 4) is 0 Å². The summed E-state index contributed by atoms with van der Waals surface area (Å²) in [4.78, 5) is 13.9. The highest BCUT2D eigenvalue weighted by Gasteiger charge is 2.27. The molecule has 0 bridgehead atoms. The van der Waals surface area contributed by atoms with Crippen molar-refractivity contribution in [1.82, 2.24) is 15.1 Å². The van der Waals surface area contributed by atoms with Crippen LogP contribution in [-0.2, 0) is 0 Å². The lowest BCUT2D eigenvalue weighted by Crippen LogP contribution is -2.29. The lowest BCUT2D eigenvalue weighted by atomic mass is 10.1. The van der Waals surface area contributed by atoms with Crippen LogP contribution in [0.3, 0.4) is 0 Å². The Labute approximate surface area is 106 Å². The Kier molecular flexibility index (Phi) is 4.09. The zero-order valence-electron chi connectivity index (χ0n) is 10.5. The maximum Gasteiger partial charge on any atom is 0.274 e. The van der Waals surface area contributed by atoms with Crippen molar-refractivity contribution in [2.45, 2.75) is 12.8 Å². The number of aliphatic hydroxyl groups excluding tert-OH is 1. The number of hydrogen-bond donors (Lipinski definition) is 2. The smallest absolute Gasteiger partial charge is 0.274 e. The van der Waals surface area contributed by atoms with Gasteiger partial charge in [-0.05, 0) is 30.9 Å². The van der Waals surface area contributed by atoms with E-state index in [1.54, 1.807) is 24.1 Å². The third-order valence-corrected chi connectivity index (χ3v) is 3.25. The van der Waals surface area contributed by atoms with E-state index in [4.69, 9.17) is 5.11 Å². The van der Waals surface area contributed by atoms with Crippen molar-refractivity contribution < 1.29 is 9.90 Å². The summed E-state index contributed by atoms with van der Waals surface area (Å²) in [6.07, 6.45) is 1.71. The van der Waals surface area contributed by atoms with E-state index in [0.29, 0.717) is 24.0 Å². The topological polar surface area (TPSA) is 78.4 Å². The lowest BCUT2D eigenvalue weighted by Gasteiger charge is -2.15. The molecule has 2 rings (SSSR count). The van der Waals surface area contributed by atoms with Crippen molar-refractivity contribution >= 4 is 11.7 Å². The zero-order chi connectivity index (χ0) is 13.0. The van der Waals surface area contributed by atoms with Gasteiger partial charge in [0.1, 0.15) is 5.82 Å². The second-order valence-electron chi connectivity index (χ2n) is 4.47. The molecule has 1 fully saturated rings. The van der Waals surface area contributed by atoms with E-state index in [2.05, 4.69) is 15.5 Å². The monoisotopic (exact) mass is 250 g/mol. The van der Waals surface area contributed by atoms with Gasteiger partial charge in [-0.3, -0.25) is 4.79 Å². The second-order valence-corrected chi connectivity index (χ2v) is 4.47. The molecule has 6 heteroatoms. The van der Waals surface area contributed by atoms with Crippen LogP contribution in [0.25, 0.3) is 0 Å². The summed E-state index contributed by atoms with van der Waals surface area (Å²) in [5.41, 5.74) is 0.374. The number of rotatable bonds is 4. The highest BCUT2D eigenvalue weighted by Crippen LogP contribution is 2.20. The molecule has 0 radical (unpaired) electrons. The van der Waals surface area contributed by atoms with E-state index in [1.807, 2.05) is 0 Å². The molecule has 1 amide bonds. The summed E-state index contributed by atoms with van der Waals surface area (Å²) < 4.78 is 0. The quantitative estimate of drug-likeness (QED) is 0.807. The van der Waals surface area contributed by atoms with Crippen molar-refractivity contribution in [2.24, 2.45) is 5.92 Å². The van der Waals surface area contributed by atoms with Gasteiger partial charge in [-0.2, -0.15) is 0 Å². The Morgan fingerprint density at radius 2 is 2.39 bits per heavy atom. The number of hydrogen-bond acceptors (Lipinski definition) is 5. The maximum atomic E-state index is 12.1. The molecule has 2 N–H and O–H groups in total. The Morgan fingerprint density at radius 3 is 3.00 bits per heavy atom. The Balaban J connectivity index is 1.98. The average molecular weight is 250 g/mol. The summed E-state index contributed by atoms with van der Waals surface area (Å²) in [5.74, 6) is 0.972. The molecular weight excluding hydrogens is 232 g/mol. The third-order valence-electron chi connectivity index (χ3n) is 3.25. The van der Waals surface area contributed by atoms with Gasteiger partial charge in [0.05, 0.1) is 0 Å². The minimum absolute atomic E-state index is 0.0782. The minimum Gasteiger partial charge on any atom is -0.396 e. The van der Waals surface area contributed by atoms with Gasteiger partial charge in [-0.1, -0.05) is 0 Å². The van der Waals surface area contributed by atoms with Gasteiger partial charge in [0.2, 0.25) is 0 Å². The molecule has 18 heavy (non-hydrogen) atoms. The van der Waals surface area contributed by atoms with Crippen LogP contribution in [0.4, 0.5) is 5.82 Å². The fourth-order valence-corrected chi connectivity index (χ4v) is 2.18. The largest absolute Gasteiger partial charge is 0.396 e. The number of carbonyl (C=O) groups is 1. The molecule has 1 atom stereocenters. The molecule has 1 saturated heterocycles. The van der Waals surface area contributed by atoms with Crippen LogP contribution in [0.1, 0.15) is 23.3 Å². The number of likely N-dealkylation sites (tertiary alicyclic amines) is 1. The van der Waals surface area contributed by atoms with Crippen molar-refractivity contribution in [3.05, 3.63) is 17.8 Å². The maximum absolute atomic E-state index is 12.1. The number of amides is 1. The molecule has 0 saturated carbocycles. The number of nitrogens with zero attached hydrogens (tertiary/aromatic N) is 3. The van der Waals surface area contributed by atoms with E-state index >= 15 is 0 Å². The van der Waals surface area contributed by atoms with Crippen molar-refractivity contribution in [2.75, 3.05) is 32.1 Å². The molecule has 1 unspecified atom stereocenters. The zero-order valence-corrected chi connectivity index (χ0v) is 10.5. The summed E-state index contributed by atoms with van der Waals surface area (Å²) >= 11 is 0. The number of aliphatic hydroxyl groups is 1. The molecule has 1 aliphatic heterocycles. The van der Waals surface area contributed by atoms with Gasteiger partial charge in [-0.15, -0.1) is 10.2 Å². The summed E-state index contributed by atoms with van der Waals surface area (Å²) in [5, 5.41) is 19.6. The van der Waals surface area contributed by atoms with Crippen LogP contribution in [-0.4, -0.2) is 52.9 Å². The fourth-order valence-electron chi connectivity index (χ4n) is 2.18. The number of carbonyl (C=O) groups excluding carboxylic acids is 1. The fraction of sp³-hybridized carbons (Fsp3) is 0.583. The normalized spacial score (nSPS) is 19.0. The Hall–Kier alpha value is -1.69. The molecule has 1 aromatic rings. The van der Waals surface area contributed by atoms with Crippen molar-refractivity contribution in [1.29, 1.82) is 0 Å². The van der Waals surface area contributed by atoms with Crippen LogP contribution in [0.2, 0.25) is 0 Å². The molecule has 0 aliphatic carbocycles. The Morgan fingerprint density at radius 1 is 1.56 bits per heavy atom. The van der Waals surface area contributed by atoms with Gasteiger partial charge < -0.3 is 15.3 Å². The van der Waals surface area contributed by atoms with Gasteiger partial charge >= 0.3 is 0 Å². The number of nitrogens with one attached hydrogen (secondary N) is 1. The van der Waals surface area contributed by atoms with E-state index in [9.17, 15) is 4.79 Å². The Bertz CT molecular complexity index is 407. The van der Waals surface area contributed by atoms with Gasteiger partial charge in [0, 0.05) is 26.7 Å². The first-order chi connectivity index (χ1) is 8.74. The molecule has 2 heterocycles. The highest BCUT2D eigenvalue weighted by atomic mass is 16.3. The van der Waals surface area contributed by atoms with E-state index in [1.165, 1.54) is 0 Å². The number of aromatic nitrogens is 2. The first-order valence-electron chi connectivity index (χ1n) is 6.16. The van der Waals surface area contributed by atoms with Crippen LogP contribution in [0.15, 0.2) is 12.1 Å².